The molecule has 0 saturated carbocycles. The van der Waals surface area contributed by atoms with E-state index >= 15 is 0 Å². The largest absolute Gasteiger partial charge is 0.394 e. The molecule has 1 aromatic carbocycles. The number of fused-ring (bicyclic) bond motifs is 1. The molecule has 3 aromatic rings. The second kappa shape index (κ2) is 4.20. The molecular formula is C14H12N4O. The maximum absolute atomic E-state index is 11.6. The molecule has 0 spiro atoms. The summed E-state index contributed by atoms with van der Waals surface area (Å²) in [5.41, 5.74) is 7.99. The van der Waals surface area contributed by atoms with Gasteiger partial charge in [0.25, 0.3) is 5.56 Å². The Kier molecular flexibility index (Phi) is 2.52. The van der Waals surface area contributed by atoms with Gasteiger partial charge in [0.2, 0.25) is 0 Å². The van der Waals surface area contributed by atoms with Crippen molar-refractivity contribution in [2.45, 2.75) is 0 Å². The summed E-state index contributed by atoms with van der Waals surface area (Å²) >= 11 is 0. The zero-order valence-corrected chi connectivity index (χ0v) is 10.4. The van der Waals surface area contributed by atoms with E-state index < -0.39 is 0 Å². The monoisotopic (exact) mass is 252 g/mol. The number of nitrogens with two attached hydrogens (primary N) is 1. The number of rotatable bonds is 1. The molecule has 0 atom stereocenters. The lowest BCUT2D eigenvalue weighted by molar-refractivity contribution is 0.864. The predicted octanol–water partition coefficient (Wildman–Crippen LogP) is 1.58. The van der Waals surface area contributed by atoms with Crippen molar-refractivity contribution in [3.63, 3.8) is 0 Å². The van der Waals surface area contributed by atoms with Gasteiger partial charge in [-0.15, -0.1) is 10.2 Å². The topological polar surface area (TPSA) is 73.8 Å². The van der Waals surface area contributed by atoms with Gasteiger partial charge in [0, 0.05) is 24.2 Å². The van der Waals surface area contributed by atoms with Crippen LogP contribution >= 0.6 is 0 Å². The second-order valence-corrected chi connectivity index (χ2v) is 4.39. The fourth-order valence-corrected chi connectivity index (χ4v) is 2.00. The Hall–Kier alpha value is -2.69. The SMILES string of the molecule is Cn1cc(-c2cc3ccccc3nn2)cc(N)c1=O. The molecule has 0 radical (unpaired) electrons. The van der Waals surface area contributed by atoms with Crippen molar-refractivity contribution in [1.82, 2.24) is 14.8 Å². The molecule has 5 heteroatoms. The quantitative estimate of drug-likeness (QED) is 0.713. The van der Waals surface area contributed by atoms with Crippen LogP contribution in [0.25, 0.3) is 22.2 Å². The first-order valence-corrected chi connectivity index (χ1v) is 5.84. The van der Waals surface area contributed by atoms with Crippen LogP contribution in [0.5, 0.6) is 0 Å². The summed E-state index contributed by atoms with van der Waals surface area (Å²) in [5, 5.41) is 9.33. The van der Waals surface area contributed by atoms with Crippen LogP contribution in [0.2, 0.25) is 0 Å². The number of pyridine rings is 1. The van der Waals surface area contributed by atoms with E-state index in [9.17, 15) is 4.79 Å². The van der Waals surface area contributed by atoms with Gasteiger partial charge in [0.05, 0.1) is 16.9 Å². The van der Waals surface area contributed by atoms with Crippen molar-refractivity contribution >= 4 is 16.6 Å². The van der Waals surface area contributed by atoms with Crippen molar-refractivity contribution in [2.75, 3.05) is 5.73 Å². The van der Waals surface area contributed by atoms with Crippen LogP contribution in [0.15, 0.2) is 47.4 Å². The Morgan fingerprint density at radius 3 is 2.74 bits per heavy atom. The van der Waals surface area contributed by atoms with Crippen LogP contribution in [0.1, 0.15) is 0 Å². The molecule has 3 rings (SSSR count). The maximum atomic E-state index is 11.6. The number of benzene rings is 1. The molecule has 0 saturated heterocycles. The van der Waals surface area contributed by atoms with E-state index in [1.165, 1.54) is 4.57 Å². The van der Waals surface area contributed by atoms with E-state index in [1.807, 2.05) is 30.3 Å². The molecule has 0 amide bonds. The Morgan fingerprint density at radius 1 is 1.16 bits per heavy atom. The molecular weight excluding hydrogens is 240 g/mol. The average Bonchev–Trinajstić information content (AvgIpc) is 2.43. The third kappa shape index (κ3) is 1.95. The third-order valence-electron chi connectivity index (χ3n) is 3.00. The first-order valence-electron chi connectivity index (χ1n) is 5.84. The molecule has 94 valence electrons. The highest BCUT2D eigenvalue weighted by Gasteiger charge is 2.06. The summed E-state index contributed by atoms with van der Waals surface area (Å²) < 4.78 is 1.45. The zero-order chi connectivity index (χ0) is 13.4. The van der Waals surface area contributed by atoms with E-state index in [0.717, 1.165) is 16.5 Å². The number of nitrogen functional groups attached to an aromatic ring is 1. The van der Waals surface area contributed by atoms with Gasteiger partial charge in [-0.2, -0.15) is 0 Å². The summed E-state index contributed by atoms with van der Waals surface area (Å²) in [7, 11) is 1.66. The Labute approximate surface area is 109 Å². The molecule has 0 aliphatic heterocycles. The van der Waals surface area contributed by atoms with Gasteiger partial charge >= 0.3 is 0 Å². The lowest BCUT2D eigenvalue weighted by atomic mass is 10.1. The number of aryl methyl sites for hydroxylation is 1. The van der Waals surface area contributed by atoms with Gasteiger partial charge in [-0.1, -0.05) is 18.2 Å². The molecule has 2 N–H and O–H groups in total. The highest BCUT2D eigenvalue weighted by molar-refractivity contribution is 5.81. The number of hydrogen-bond acceptors (Lipinski definition) is 4. The highest BCUT2D eigenvalue weighted by Crippen LogP contribution is 2.20. The van der Waals surface area contributed by atoms with Gasteiger partial charge in [-0.05, 0) is 18.2 Å². The molecule has 5 nitrogen and oxygen atoms in total. The van der Waals surface area contributed by atoms with E-state index in [1.54, 1.807) is 19.3 Å². The number of nitrogens with zero attached hydrogens (tertiary/aromatic N) is 3. The first kappa shape index (κ1) is 11.4. The van der Waals surface area contributed by atoms with E-state index in [4.69, 9.17) is 5.73 Å². The van der Waals surface area contributed by atoms with Crippen molar-refractivity contribution in [3.8, 4) is 11.3 Å². The Morgan fingerprint density at radius 2 is 1.95 bits per heavy atom. The standard InChI is InChI=1S/C14H12N4O/c1-18-8-10(6-11(15)14(18)19)13-7-9-4-2-3-5-12(9)16-17-13/h2-8H,15H2,1H3. The van der Waals surface area contributed by atoms with Crippen LogP contribution in [0.3, 0.4) is 0 Å². The molecule has 0 aliphatic carbocycles. The summed E-state index contributed by atoms with van der Waals surface area (Å²) in [6.07, 6.45) is 1.71. The molecule has 0 fully saturated rings. The molecule has 0 bridgehead atoms. The van der Waals surface area contributed by atoms with Crippen LogP contribution < -0.4 is 11.3 Å². The Balaban J connectivity index is 2.21. The molecule has 19 heavy (non-hydrogen) atoms. The van der Waals surface area contributed by atoms with Crippen LogP contribution in [-0.4, -0.2) is 14.8 Å². The lowest BCUT2D eigenvalue weighted by Crippen LogP contribution is -2.19. The van der Waals surface area contributed by atoms with Crippen LogP contribution in [0.4, 0.5) is 5.69 Å². The minimum Gasteiger partial charge on any atom is -0.394 e. The number of aromatic nitrogens is 3. The van der Waals surface area contributed by atoms with E-state index in [0.29, 0.717) is 5.69 Å². The average molecular weight is 252 g/mol. The summed E-state index contributed by atoms with van der Waals surface area (Å²) in [5.74, 6) is 0. The Bertz CT molecular complexity index is 797. The highest BCUT2D eigenvalue weighted by atomic mass is 16.1. The van der Waals surface area contributed by atoms with Crippen LogP contribution in [0, 0.1) is 0 Å². The minimum absolute atomic E-state index is 0.204. The predicted molar refractivity (Wildman–Crippen MR) is 74.6 cm³/mol. The maximum Gasteiger partial charge on any atom is 0.273 e. The van der Waals surface area contributed by atoms with E-state index in [-0.39, 0.29) is 11.2 Å². The minimum atomic E-state index is -0.211. The van der Waals surface area contributed by atoms with Crippen molar-refractivity contribution in [2.24, 2.45) is 7.05 Å². The van der Waals surface area contributed by atoms with Gasteiger partial charge in [0.15, 0.2) is 0 Å². The van der Waals surface area contributed by atoms with Crippen molar-refractivity contribution < 1.29 is 0 Å². The fraction of sp³-hybridized carbons (Fsp3) is 0.0714. The summed E-state index contributed by atoms with van der Waals surface area (Å²) in [4.78, 5) is 11.6. The molecule has 0 aliphatic rings. The lowest BCUT2D eigenvalue weighted by Gasteiger charge is -2.05. The van der Waals surface area contributed by atoms with Gasteiger partial charge in [-0.25, -0.2) is 0 Å². The summed E-state index contributed by atoms with van der Waals surface area (Å²) in [6, 6.07) is 11.3. The molecule has 2 aromatic heterocycles. The van der Waals surface area contributed by atoms with Crippen LogP contribution in [-0.2, 0) is 7.05 Å². The van der Waals surface area contributed by atoms with Gasteiger partial charge in [0.1, 0.15) is 0 Å². The summed E-state index contributed by atoms with van der Waals surface area (Å²) in [6.45, 7) is 0. The second-order valence-electron chi connectivity index (χ2n) is 4.39. The first-order chi connectivity index (χ1) is 9.15. The normalized spacial score (nSPS) is 10.8. The molecule has 0 unspecified atom stereocenters. The molecule has 2 heterocycles. The van der Waals surface area contributed by atoms with Gasteiger partial charge < -0.3 is 10.3 Å². The smallest absolute Gasteiger partial charge is 0.273 e. The third-order valence-corrected chi connectivity index (χ3v) is 3.00. The number of anilines is 1. The van der Waals surface area contributed by atoms with Crippen molar-refractivity contribution in [1.29, 1.82) is 0 Å². The fourth-order valence-electron chi connectivity index (χ4n) is 2.00. The van der Waals surface area contributed by atoms with Crippen molar-refractivity contribution in [3.05, 3.63) is 52.9 Å². The number of hydrogen-bond donors (Lipinski definition) is 1. The zero-order valence-electron chi connectivity index (χ0n) is 10.4. The van der Waals surface area contributed by atoms with Gasteiger partial charge in [-0.3, -0.25) is 4.79 Å². The van der Waals surface area contributed by atoms with E-state index in [2.05, 4.69) is 10.2 Å².